The van der Waals surface area contributed by atoms with Gasteiger partial charge in [0, 0.05) is 16.3 Å². The van der Waals surface area contributed by atoms with Gasteiger partial charge in [0.25, 0.3) is 0 Å². The van der Waals surface area contributed by atoms with Gasteiger partial charge in [0.2, 0.25) is 0 Å². The molecule has 0 bridgehead atoms. The van der Waals surface area contributed by atoms with Gasteiger partial charge in [0.05, 0.1) is 21.1 Å². The molecule has 22 heavy (non-hydrogen) atoms. The molecule has 0 aliphatic heterocycles. The maximum absolute atomic E-state index is 11.9. The van der Waals surface area contributed by atoms with Gasteiger partial charge in [-0.3, -0.25) is 5.32 Å². The number of amides is 1. The number of halogens is 1. The van der Waals surface area contributed by atoms with E-state index in [1.165, 1.54) is 0 Å². The average Bonchev–Trinajstić information content (AvgIpc) is 2.36. The van der Waals surface area contributed by atoms with Gasteiger partial charge in [-0.2, -0.15) is 0 Å². The predicted molar refractivity (Wildman–Crippen MR) is 89.3 cm³/mol. The largest absolute Gasteiger partial charge is 0.417 e. The highest BCUT2D eigenvalue weighted by Gasteiger charge is 2.11. The first-order valence-corrected chi connectivity index (χ1v) is 7.33. The molecule has 1 N–H and O–H groups in total. The lowest BCUT2D eigenvalue weighted by Crippen LogP contribution is -2.33. The van der Waals surface area contributed by atoms with Crippen LogP contribution in [0.5, 0.6) is 5.75 Å². The van der Waals surface area contributed by atoms with E-state index in [0.717, 1.165) is 16.6 Å². The number of carbonyl (C=O) groups is 1. The van der Waals surface area contributed by atoms with Crippen molar-refractivity contribution in [2.45, 2.75) is 6.54 Å². The lowest BCUT2D eigenvalue weighted by molar-refractivity contribution is -0.884. The van der Waals surface area contributed by atoms with Gasteiger partial charge in [0.15, 0.2) is 0 Å². The minimum Gasteiger partial charge on any atom is -0.410 e. The molecule has 0 aromatic heterocycles. The maximum Gasteiger partial charge on any atom is 0.417 e. The zero-order chi connectivity index (χ0) is 16.2. The molecular formula is C17H20ClN2O2+. The summed E-state index contributed by atoms with van der Waals surface area (Å²) in [7, 11) is 6.33. The molecule has 0 aliphatic carbocycles. The van der Waals surface area contributed by atoms with E-state index < -0.39 is 6.09 Å². The Morgan fingerprint density at radius 2 is 1.86 bits per heavy atom. The molecule has 0 unspecified atom stereocenters. The molecule has 0 aliphatic rings. The van der Waals surface area contributed by atoms with E-state index in [4.69, 9.17) is 16.3 Å². The molecular weight excluding hydrogens is 300 g/mol. The topological polar surface area (TPSA) is 38.3 Å². The summed E-state index contributed by atoms with van der Waals surface area (Å²) in [6.45, 7) is 0.854. The highest BCUT2D eigenvalue weighted by molar-refractivity contribution is 6.30. The Hall–Kier alpha value is -2.04. The van der Waals surface area contributed by atoms with Gasteiger partial charge in [-0.05, 0) is 30.3 Å². The number of rotatable bonds is 4. The van der Waals surface area contributed by atoms with Crippen molar-refractivity contribution in [3.8, 4) is 5.75 Å². The monoisotopic (exact) mass is 319 g/mol. The van der Waals surface area contributed by atoms with Crippen LogP contribution in [0.15, 0.2) is 48.5 Å². The maximum atomic E-state index is 11.9. The van der Waals surface area contributed by atoms with Crippen LogP contribution in [0.25, 0.3) is 0 Å². The van der Waals surface area contributed by atoms with Crippen molar-refractivity contribution in [1.82, 2.24) is 0 Å². The summed E-state index contributed by atoms with van der Waals surface area (Å²) in [5.74, 6) is 0.519. The number of hydrogen-bond donors (Lipinski definition) is 1. The van der Waals surface area contributed by atoms with Crippen molar-refractivity contribution in [1.29, 1.82) is 0 Å². The van der Waals surface area contributed by atoms with Crippen LogP contribution >= 0.6 is 11.6 Å². The molecule has 116 valence electrons. The zero-order valence-corrected chi connectivity index (χ0v) is 13.7. The highest BCUT2D eigenvalue weighted by atomic mass is 35.5. The lowest BCUT2D eigenvalue weighted by Gasteiger charge is -2.24. The summed E-state index contributed by atoms with van der Waals surface area (Å²) >= 11 is 5.88. The lowest BCUT2D eigenvalue weighted by atomic mass is 10.2. The molecule has 2 rings (SSSR count). The summed E-state index contributed by atoms with van der Waals surface area (Å²) < 4.78 is 6.12. The van der Waals surface area contributed by atoms with E-state index in [-0.39, 0.29) is 0 Å². The van der Waals surface area contributed by atoms with E-state index >= 15 is 0 Å². The molecule has 0 atom stereocenters. The van der Waals surface area contributed by atoms with Crippen LogP contribution in [0.4, 0.5) is 10.5 Å². The number of carbonyl (C=O) groups excluding carboxylic acids is 1. The summed E-state index contributed by atoms with van der Waals surface area (Å²) in [4.78, 5) is 11.9. The number of nitrogens with one attached hydrogen (secondary N) is 1. The minimum atomic E-state index is -0.537. The van der Waals surface area contributed by atoms with Crippen LogP contribution in [-0.2, 0) is 6.54 Å². The SMILES string of the molecule is C[N+](C)(C)Cc1cccc(OC(=O)Nc2cccc(Cl)c2)c1. The van der Waals surface area contributed by atoms with Crippen molar-refractivity contribution in [3.63, 3.8) is 0 Å². The molecule has 2 aromatic rings. The second kappa shape index (κ2) is 6.81. The first-order valence-electron chi connectivity index (χ1n) is 6.96. The Morgan fingerprint density at radius 3 is 2.55 bits per heavy atom. The third-order valence-electron chi connectivity index (χ3n) is 2.84. The summed E-state index contributed by atoms with van der Waals surface area (Å²) in [6, 6.07) is 14.5. The summed E-state index contributed by atoms with van der Waals surface area (Å²) in [5, 5.41) is 3.21. The third kappa shape index (κ3) is 5.39. The Balaban J connectivity index is 2.01. The second-order valence-corrected chi connectivity index (χ2v) is 6.56. The molecule has 0 radical (unpaired) electrons. The fourth-order valence-electron chi connectivity index (χ4n) is 2.07. The fourth-order valence-corrected chi connectivity index (χ4v) is 2.26. The Morgan fingerprint density at radius 1 is 1.14 bits per heavy atom. The summed E-state index contributed by atoms with van der Waals surface area (Å²) in [5.41, 5.74) is 1.71. The van der Waals surface area contributed by atoms with E-state index in [0.29, 0.717) is 16.5 Å². The van der Waals surface area contributed by atoms with Crippen LogP contribution in [0, 0.1) is 0 Å². The van der Waals surface area contributed by atoms with E-state index in [2.05, 4.69) is 26.5 Å². The second-order valence-electron chi connectivity index (χ2n) is 6.12. The minimum absolute atomic E-state index is 0.519. The quantitative estimate of drug-likeness (QED) is 0.859. The van der Waals surface area contributed by atoms with Crippen molar-refractivity contribution in [2.75, 3.05) is 26.5 Å². The van der Waals surface area contributed by atoms with Crippen molar-refractivity contribution < 1.29 is 14.0 Å². The molecule has 5 heteroatoms. The molecule has 0 spiro atoms. The number of hydrogen-bond acceptors (Lipinski definition) is 2. The Bertz CT molecular complexity index is 666. The standard InChI is InChI=1S/C17H19ClN2O2/c1-20(2,3)12-13-6-4-9-16(10-13)22-17(21)19-15-8-5-7-14(18)11-15/h4-11H,12H2,1-3H3/p+1. The van der Waals surface area contributed by atoms with E-state index in [1.54, 1.807) is 30.3 Å². The van der Waals surface area contributed by atoms with Gasteiger partial charge < -0.3 is 9.22 Å². The van der Waals surface area contributed by atoms with Gasteiger partial charge in [-0.15, -0.1) is 0 Å². The molecule has 0 heterocycles. The van der Waals surface area contributed by atoms with Gasteiger partial charge >= 0.3 is 6.09 Å². The molecule has 0 saturated heterocycles. The van der Waals surface area contributed by atoms with E-state index in [9.17, 15) is 4.79 Å². The van der Waals surface area contributed by atoms with Gasteiger partial charge in [-0.25, -0.2) is 4.79 Å². The first-order chi connectivity index (χ1) is 10.3. The van der Waals surface area contributed by atoms with Crippen LogP contribution in [0.2, 0.25) is 5.02 Å². The molecule has 2 aromatic carbocycles. The Labute approximate surface area is 135 Å². The van der Waals surface area contributed by atoms with Gasteiger partial charge in [0.1, 0.15) is 12.3 Å². The predicted octanol–water partition coefficient (Wildman–Crippen LogP) is 4.16. The van der Waals surface area contributed by atoms with Crippen LogP contribution in [-0.4, -0.2) is 31.7 Å². The zero-order valence-electron chi connectivity index (χ0n) is 13.0. The Kier molecular flexibility index (Phi) is 5.06. The smallest absolute Gasteiger partial charge is 0.410 e. The molecule has 1 amide bonds. The number of anilines is 1. The number of nitrogens with zero attached hydrogens (tertiary/aromatic N) is 1. The number of ether oxygens (including phenoxy) is 1. The van der Waals surface area contributed by atoms with Crippen molar-refractivity contribution in [2.24, 2.45) is 0 Å². The summed E-state index contributed by atoms with van der Waals surface area (Å²) in [6.07, 6.45) is -0.537. The van der Waals surface area contributed by atoms with Crippen molar-refractivity contribution >= 4 is 23.4 Å². The van der Waals surface area contributed by atoms with Gasteiger partial charge in [-0.1, -0.05) is 29.8 Å². The van der Waals surface area contributed by atoms with Crippen LogP contribution in [0.3, 0.4) is 0 Å². The van der Waals surface area contributed by atoms with Crippen molar-refractivity contribution in [3.05, 3.63) is 59.1 Å². The fraction of sp³-hybridized carbons (Fsp3) is 0.235. The number of benzene rings is 2. The highest BCUT2D eigenvalue weighted by Crippen LogP contribution is 2.18. The normalized spacial score (nSPS) is 11.1. The number of quaternary nitrogens is 1. The molecule has 0 fully saturated rings. The van der Waals surface area contributed by atoms with Crippen LogP contribution < -0.4 is 10.1 Å². The average molecular weight is 320 g/mol. The first kappa shape index (κ1) is 16.3. The molecule has 0 saturated carbocycles. The molecule has 4 nitrogen and oxygen atoms in total. The van der Waals surface area contributed by atoms with E-state index in [1.807, 2.05) is 18.2 Å². The third-order valence-corrected chi connectivity index (χ3v) is 3.07. The van der Waals surface area contributed by atoms with Crippen LogP contribution in [0.1, 0.15) is 5.56 Å².